The molecule has 0 fully saturated rings. The van der Waals surface area contributed by atoms with Crippen LogP contribution in [0.1, 0.15) is 6.92 Å². The first-order chi connectivity index (χ1) is 5.07. The molecule has 6 heteroatoms. The number of ether oxygens (including phenoxy) is 1. The lowest BCUT2D eigenvalue weighted by molar-refractivity contribution is -0.153. The molecule has 0 saturated heterocycles. The third kappa shape index (κ3) is 4.49. The number of carbonyl (C=O) groups excluding carboxylic acids is 2. The minimum atomic E-state index is -0.876. The fraction of sp³-hybridized carbons (Fsp3) is 0.400. The van der Waals surface area contributed by atoms with Crippen LogP contribution in [0.5, 0.6) is 0 Å². The van der Waals surface area contributed by atoms with Crippen LogP contribution in [0.4, 0.5) is 0 Å². The second kappa shape index (κ2) is 4.84. The molecule has 0 amide bonds. The van der Waals surface area contributed by atoms with Gasteiger partial charge in [-0.05, 0) is 15.9 Å². The number of esters is 2. The van der Waals surface area contributed by atoms with Crippen LogP contribution in [0.15, 0.2) is 5.16 Å². The van der Waals surface area contributed by atoms with Gasteiger partial charge in [-0.3, -0.25) is 4.79 Å². The van der Waals surface area contributed by atoms with Gasteiger partial charge in [0, 0.05) is 6.92 Å². The molecule has 0 unspecified atom stereocenters. The number of nitrogens with zero attached hydrogens (tertiary/aromatic N) is 1. The first kappa shape index (κ1) is 10.1. The molecule has 0 atom stereocenters. The molecule has 62 valence electrons. The zero-order chi connectivity index (χ0) is 8.85. The van der Waals surface area contributed by atoms with E-state index < -0.39 is 11.9 Å². The Kier molecular flexibility index (Phi) is 4.44. The van der Waals surface area contributed by atoms with E-state index in [1.165, 1.54) is 7.11 Å². The SMILES string of the molecule is CO/N=C(\Br)C(=O)OC(C)=O. The number of rotatable bonds is 2. The van der Waals surface area contributed by atoms with Crippen molar-refractivity contribution in [3.8, 4) is 0 Å². The van der Waals surface area contributed by atoms with E-state index >= 15 is 0 Å². The van der Waals surface area contributed by atoms with Crippen molar-refractivity contribution in [2.24, 2.45) is 5.16 Å². The molecule has 0 bridgehead atoms. The summed E-state index contributed by atoms with van der Waals surface area (Å²) in [5.41, 5.74) is 0. The number of hydrogen-bond acceptors (Lipinski definition) is 5. The first-order valence-electron chi connectivity index (χ1n) is 2.57. The summed E-state index contributed by atoms with van der Waals surface area (Å²) in [5, 5.41) is 3.18. The number of halogens is 1. The summed E-state index contributed by atoms with van der Waals surface area (Å²) in [4.78, 5) is 25.1. The van der Waals surface area contributed by atoms with Crippen LogP contribution in [0, 0.1) is 0 Å². The highest BCUT2D eigenvalue weighted by Crippen LogP contribution is 1.94. The van der Waals surface area contributed by atoms with Gasteiger partial charge in [-0.25, -0.2) is 4.79 Å². The van der Waals surface area contributed by atoms with Gasteiger partial charge in [0.1, 0.15) is 7.11 Å². The Balaban J connectivity index is 4.03. The summed E-state index contributed by atoms with van der Waals surface area (Å²) in [6, 6.07) is 0. The summed E-state index contributed by atoms with van der Waals surface area (Å²) in [6.45, 7) is 1.12. The van der Waals surface area contributed by atoms with Gasteiger partial charge in [0.25, 0.3) is 0 Å². The Labute approximate surface area is 71.5 Å². The van der Waals surface area contributed by atoms with Crippen molar-refractivity contribution < 1.29 is 19.2 Å². The molecular weight excluding hydrogens is 218 g/mol. The van der Waals surface area contributed by atoms with E-state index in [4.69, 9.17) is 0 Å². The Morgan fingerprint density at radius 2 is 2.00 bits per heavy atom. The Morgan fingerprint density at radius 1 is 1.45 bits per heavy atom. The zero-order valence-corrected chi connectivity index (χ0v) is 7.54. The average Bonchev–Trinajstić information content (AvgIpc) is 1.86. The molecule has 0 aromatic carbocycles. The molecule has 0 heterocycles. The molecule has 0 aromatic rings. The third-order valence-electron chi connectivity index (χ3n) is 0.576. The summed E-state index contributed by atoms with van der Waals surface area (Å²) in [5.74, 6) is -1.57. The van der Waals surface area contributed by atoms with E-state index in [-0.39, 0.29) is 4.62 Å². The molecular formula is C5H6BrNO4. The second-order valence-electron chi connectivity index (χ2n) is 1.45. The molecule has 0 aromatic heterocycles. The fourth-order valence-electron chi connectivity index (χ4n) is 0.290. The van der Waals surface area contributed by atoms with E-state index in [9.17, 15) is 9.59 Å². The Morgan fingerprint density at radius 3 is 2.36 bits per heavy atom. The van der Waals surface area contributed by atoms with Crippen molar-refractivity contribution >= 4 is 32.5 Å². The van der Waals surface area contributed by atoms with Crippen LogP contribution in [-0.4, -0.2) is 23.7 Å². The molecule has 0 spiro atoms. The summed E-state index contributed by atoms with van der Waals surface area (Å²) in [6.07, 6.45) is 0. The van der Waals surface area contributed by atoms with Gasteiger partial charge in [0.05, 0.1) is 0 Å². The molecule has 0 saturated carbocycles. The van der Waals surface area contributed by atoms with Crippen molar-refractivity contribution in [3.63, 3.8) is 0 Å². The Hall–Kier alpha value is -0.910. The summed E-state index contributed by atoms with van der Waals surface area (Å²) >= 11 is 2.73. The Bertz CT molecular complexity index is 201. The van der Waals surface area contributed by atoms with Crippen LogP contribution in [-0.2, 0) is 19.2 Å². The van der Waals surface area contributed by atoms with Gasteiger partial charge < -0.3 is 9.57 Å². The second-order valence-corrected chi connectivity index (χ2v) is 2.20. The summed E-state index contributed by atoms with van der Waals surface area (Å²) < 4.78 is 3.94. The molecule has 0 aliphatic carbocycles. The van der Waals surface area contributed by atoms with Crippen LogP contribution in [0.2, 0.25) is 0 Å². The maximum atomic E-state index is 10.6. The predicted molar refractivity (Wildman–Crippen MR) is 40.1 cm³/mol. The van der Waals surface area contributed by atoms with Crippen molar-refractivity contribution in [2.45, 2.75) is 6.92 Å². The molecule has 0 aliphatic heterocycles. The standard InChI is InChI=1S/C5H6BrNO4/c1-3(8)11-5(9)4(6)7-10-2/h1-2H3/b7-4-. The highest BCUT2D eigenvalue weighted by Gasteiger charge is 2.12. The van der Waals surface area contributed by atoms with Crippen molar-refractivity contribution in [3.05, 3.63) is 0 Å². The number of carbonyl (C=O) groups is 2. The lowest BCUT2D eigenvalue weighted by atomic mass is 10.7. The number of oxime groups is 1. The van der Waals surface area contributed by atoms with E-state index in [0.29, 0.717) is 0 Å². The van der Waals surface area contributed by atoms with E-state index in [1.54, 1.807) is 0 Å². The predicted octanol–water partition coefficient (Wildman–Crippen LogP) is 0.431. The lowest BCUT2D eigenvalue weighted by Crippen LogP contribution is -2.15. The highest BCUT2D eigenvalue weighted by atomic mass is 79.9. The third-order valence-corrected chi connectivity index (χ3v) is 1.04. The molecule has 0 N–H and O–H groups in total. The van der Waals surface area contributed by atoms with E-state index in [1.807, 2.05) is 0 Å². The quantitative estimate of drug-likeness (QED) is 0.295. The minimum absolute atomic E-state index is 0.185. The van der Waals surface area contributed by atoms with Crippen LogP contribution in [0.3, 0.4) is 0 Å². The maximum Gasteiger partial charge on any atom is 0.375 e. The summed E-state index contributed by atoms with van der Waals surface area (Å²) in [7, 11) is 1.27. The van der Waals surface area contributed by atoms with Gasteiger partial charge in [0.15, 0.2) is 0 Å². The number of hydrogen-bond donors (Lipinski definition) is 0. The first-order valence-corrected chi connectivity index (χ1v) is 3.36. The average molecular weight is 224 g/mol. The monoisotopic (exact) mass is 223 g/mol. The van der Waals surface area contributed by atoms with Crippen molar-refractivity contribution in [2.75, 3.05) is 7.11 Å². The van der Waals surface area contributed by atoms with Gasteiger partial charge in [-0.1, -0.05) is 5.16 Å². The molecule has 5 nitrogen and oxygen atoms in total. The molecule has 11 heavy (non-hydrogen) atoms. The van der Waals surface area contributed by atoms with Gasteiger partial charge >= 0.3 is 11.9 Å². The largest absolute Gasteiger partial charge is 0.398 e. The fourth-order valence-corrected chi connectivity index (χ4v) is 0.516. The molecule has 0 rings (SSSR count). The van der Waals surface area contributed by atoms with Gasteiger partial charge in [-0.15, -0.1) is 0 Å². The van der Waals surface area contributed by atoms with Gasteiger partial charge in [-0.2, -0.15) is 0 Å². The maximum absolute atomic E-state index is 10.6. The minimum Gasteiger partial charge on any atom is -0.398 e. The normalized spacial score (nSPS) is 10.6. The topological polar surface area (TPSA) is 65.0 Å². The van der Waals surface area contributed by atoms with E-state index in [2.05, 4.69) is 30.7 Å². The van der Waals surface area contributed by atoms with Crippen LogP contribution in [0.25, 0.3) is 0 Å². The van der Waals surface area contributed by atoms with Crippen molar-refractivity contribution in [1.82, 2.24) is 0 Å². The van der Waals surface area contributed by atoms with Crippen LogP contribution < -0.4 is 0 Å². The lowest BCUT2D eigenvalue weighted by Gasteiger charge is -1.95. The molecule has 0 radical (unpaired) electrons. The smallest absolute Gasteiger partial charge is 0.375 e. The van der Waals surface area contributed by atoms with Gasteiger partial charge in [0.2, 0.25) is 4.62 Å². The van der Waals surface area contributed by atoms with Crippen LogP contribution >= 0.6 is 15.9 Å². The zero-order valence-electron chi connectivity index (χ0n) is 5.96. The molecule has 0 aliphatic rings. The highest BCUT2D eigenvalue weighted by molar-refractivity contribution is 9.19. The van der Waals surface area contributed by atoms with E-state index in [0.717, 1.165) is 6.92 Å². The van der Waals surface area contributed by atoms with Crippen molar-refractivity contribution in [1.29, 1.82) is 0 Å².